The minimum Gasteiger partial charge on any atom is -0.478 e. The molecule has 21 heavy (non-hydrogen) atoms. The van der Waals surface area contributed by atoms with Gasteiger partial charge in [0, 0.05) is 42.7 Å². The van der Waals surface area contributed by atoms with Crippen LogP contribution < -0.4 is 5.32 Å². The van der Waals surface area contributed by atoms with Crippen LogP contribution in [0.25, 0.3) is 0 Å². The number of carboxylic acid groups (broad SMARTS) is 1. The number of carbonyl (C=O) groups is 1. The molecule has 1 aromatic carbocycles. The van der Waals surface area contributed by atoms with Crippen molar-refractivity contribution < 1.29 is 14.8 Å². The van der Waals surface area contributed by atoms with Crippen LogP contribution in [0.3, 0.4) is 0 Å². The minimum atomic E-state index is -1.21. The first kappa shape index (κ1) is 14.5. The summed E-state index contributed by atoms with van der Waals surface area (Å²) in [4.78, 5) is 21.5. The lowest BCUT2D eigenvalue weighted by atomic mass is 10.1. The van der Waals surface area contributed by atoms with Crippen molar-refractivity contribution in [2.45, 2.75) is 13.5 Å². The van der Waals surface area contributed by atoms with Crippen LogP contribution in [0.5, 0.6) is 0 Å². The van der Waals surface area contributed by atoms with Crippen LogP contribution in [0.1, 0.15) is 21.5 Å². The first-order chi connectivity index (χ1) is 9.88. The lowest BCUT2D eigenvalue weighted by molar-refractivity contribution is -0.385. The number of nitrogens with zero attached hydrogens (tertiary/aromatic N) is 3. The molecule has 0 amide bonds. The molecule has 2 rings (SSSR count). The highest BCUT2D eigenvalue weighted by molar-refractivity contribution is 5.90. The first-order valence-electron chi connectivity index (χ1n) is 6.12. The molecule has 0 spiro atoms. The molecule has 1 heterocycles. The van der Waals surface area contributed by atoms with E-state index in [1.807, 2.05) is 0 Å². The molecule has 8 nitrogen and oxygen atoms in total. The SMILES string of the molecule is Cc1c(NCc2cnn(C)c2)cc(C(=O)O)cc1[N+](=O)[O-]. The summed E-state index contributed by atoms with van der Waals surface area (Å²) >= 11 is 0. The highest BCUT2D eigenvalue weighted by Crippen LogP contribution is 2.28. The van der Waals surface area contributed by atoms with Gasteiger partial charge in [-0.1, -0.05) is 0 Å². The standard InChI is InChI=1S/C13H14N4O4/c1-8-11(14-5-9-6-15-16(2)7-9)3-10(13(18)19)4-12(8)17(20)21/h3-4,6-7,14H,5H2,1-2H3,(H,18,19). The third kappa shape index (κ3) is 3.16. The van der Waals surface area contributed by atoms with Crippen molar-refractivity contribution in [1.29, 1.82) is 0 Å². The van der Waals surface area contributed by atoms with Crippen LogP contribution in [0.15, 0.2) is 24.5 Å². The number of nitrogens with one attached hydrogen (secondary N) is 1. The molecule has 0 saturated carbocycles. The van der Waals surface area contributed by atoms with Crippen LogP contribution in [-0.4, -0.2) is 25.8 Å². The lowest BCUT2D eigenvalue weighted by Crippen LogP contribution is -2.06. The summed E-state index contributed by atoms with van der Waals surface area (Å²) in [7, 11) is 1.78. The predicted molar refractivity (Wildman–Crippen MR) is 75.3 cm³/mol. The van der Waals surface area contributed by atoms with E-state index in [2.05, 4.69) is 10.4 Å². The molecule has 0 saturated heterocycles. The molecule has 0 bridgehead atoms. The van der Waals surface area contributed by atoms with Gasteiger partial charge in [0.25, 0.3) is 5.69 Å². The van der Waals surface area contributed by atoms with Gasteiger partial charge >= 0.3 is 5.97 Å². The van der Waals surface area contributed by atoms with E-state index in [4.69, 9.17) is 5.11 Å². The zero-order chi connectivity index (χ0) is 15.6. The monoisotopic (exact) mass is 290 g/mol. The van der Waals surface area contributed by atoms with Gasteiger partial charge in [0.05, 0.1) is 16.7 Å². The van der Waals surface area contributed by atoms with Gasteiger partial charge in [-0.2, -0.15) is 5.10 Å². The molecule has 2 aromatic rings. The van der Waals surface area contributed by atoms with E-state index < -0.39 is 10.9 Å². The Kier molecular flexibility index (Phi) is 3.88. The van der Waals surface area contributed by atoms with E-state index >= 15 is 0 Å². The maximum Gasteiger partial charge on any atom is 0.336 e. The molecule has 8 heteroatoms. The van der Waals surface area contributed by atoms with Crippen LogP contribution in [0.4, 0.5) is 11.4 Å². The van der Waals surface area contributed by atoms with Crippen LogP contribution in [-0.2, 0) is 13.6 Å². The van der Waals surface area contributed by atoms with Gasteiger partial charge in [0.15, 0.2) is 0 Å². The Hall–Kier alpha value is -2.90. The van der Waals surface area contributed by atoms with Crippen molar-refractivity contribution in [3.05, 3.63) is 51.3 Å². The highest BCUT2D eigenvalue weighted by atomic mass is 16.6. The number of aryl methyl sites for hydroxylation is 1. The summed E-state index contributed by atoms with van der Waals surface area (Å²) < 4.78 is 1.64. The topological polar surface area (TPSA) is 110 Å². The van der Waals surface area contributed by atoms with E-state index in [0.717, 1.165) is 11.6 Å². The molecular formula is C13H14N4O4. The molecule has 0 aliphatic carbocycles. The Morgan fingerprint density at radius 3 is 2.76 bits per heavy atom. The third-order valence-electron chi connectivity index (χ3n) is 3.07. The average Bonchev–Trinajstić information content (AvgIpc) is 2.82. The van der Waals surface area contributed by atoms with Gasteiger partial charge in [-0.05, 0) is 13.0 Å². The van der Waals surface area contributed by atoms with E-state index in [0.29, 0.717) is 17.8 Å². The number of anilines is 1. The zero-order valence-electron chi connectivity index (χ0n) is 11.5. The van der Waals surface area contributed by atoms with Crippen LogP contribution in [0, 0.1) is 17.0 Å². The number of hydrogen-bond acceptors (Lipinski definition) is 5. The fourth-order valence-electron chi connectivity index (χ4n) is 1.96. The van der Waals surface area contributed by atoms with Crippen molar-refractivity contribution >= 4 is 17.3 Å². The Balaban J connectivity index is 2.32. The molecule has 2 N–H and O–H groups in total. The summed E-state index contributed by atoms with van der Waals surface area (Å²) in [5.41, 5.74) is 1.36. The zero-order valence-corrected chi connectivity index (χ0v) is 11.5. The summed E-state index contributed by atoms with van der Waals surface area (Å²) in [5.74, 6) is -1.21. The molecular weight excluding hydrogens is 276 g/mol. The van der Waals surface area contributed by atoms with Crippen molar-refractivity contribution in [2.24, 2.45) is 7.05 Å². The summed E-state index contributed by atoms with van der Waals surface area (Å²) in [6, 6.07) is 2.45. The Bertz CT molecular complexity index is 708. The number of hydrogen-bond donors (Lipinski definition) is 2. The second-order valence-corrected chi connectivity index (χ2v) is 4.61. The van der Waals surface area contributed by atoms with Gasteiger partial charge in [-0.3, -0.25) is 14.8 Å². The number of nitro groups is 1. The average molecular weight is 290 g/mol. The molecule has 110 valence electrons. The number of benzene rings is 1. The van der Waals surface area contributed by atoms with Gasteiger partial charge in [-0.25, -0.2) is 4.79 Å². The number of rotatable bonds is 5. The van der Waals surface area contributed by atoms with E-state index in [1.165, 1.54) is 6.07 Å². The second kappa shape index (κ2) is 5.61. The van der Waals surface area contributed by atoms with Crippen molar-refractivity contribution in [3.63, 3.8) is 0 Å². The largest absolute Gasteiger partial charge is 0.478 e. The minimum absolute atomic E-state index is 0.124. The number of aromatic nitrogens is 2. The van der Waals surface area contributed by atoms with Crippen molar-refractivity contribution in [2.75, 3.05) is 5.32 Å². The predicted octanol–water partition coefficient (Wildman–Crippen LogP) is 1.95. The van der Waals surface area contributed by atoms with E-state index in [1.54, 1.807) is 31.0 Å². The summed E-state index contributed by atoms with van der Waals surface area (Å²) in [6.45, 7) is 1.98. The first-order valence-corrected chi connectivity index (χ1v) is 6.12. The molecule has 0 atom stereocenters. The maximum absolute atomic E-state index is 11.1. The van der Waals surface area contributed by atoms with Crippen molar-refractivity contribution in [1.82, 2.24) is 9.78 Å². The fraction of sp³-hybridized carbons (Fsp3) is 0.231. The molecule has 0 aliphatic heterocycles. The van der Waals surface area contributed by atoms with Gasteiger partial charge in [-0.15, -0.1) is 0 Å². The van der Waals surface area contributed by atoms with Gasteiger partial charge in [0.1, 0.15) is 0 Å². The molecule has 0 aliphatic rings. The van der Waals surface area contributed by atoms with Gasteiger partial charge < -0.3 is 10.4 Å². The number of nitro benzene ring substituents is 1. The van der Waals surface area contributed by atoms with E-state index in [-0.39, 0.29) is 11.3 Å². The van der Waals surface area contributed by atoms with E-state index in [9.17, 15) is 14.9 Å². The number of aromatic carboxylic acids is 1. The fourth-order valence-corrected chi connectivity index (χ4v) is 1.96. The molecule has 0 fully saturated rings. The second-order valence-electron chi connectivity index (χ2n) is 4.61. The number of carboxylic acids is 1. The smallest absolute Gasteiger partial charge is 0.336 e. The normalized spacial score (nSPS) is 10.4. The summed E-state index contributed by atoms with van der Waals surface area (Å²) in [6.07, 6.45) is 3.47. The molecule has 0 radical (unpaired) electrons. The van der Waals surface area contributed by atoms with Crippen LogP contribution in [0.2, 0.25) is 0 Å². The Labute approximate surface area is 120 Å². The highest BCUT2D eigenvalue weighted by Gasteiger charge is 2.18. The van der Waals surface area contributed by atoms with Crippen molar-refractivity contribution in [3.8, 4) is 0 Å². The molecule has 1 aromatic heterocycles. The Morgan fingerprint density at radius 1 is 1.52 bits per heavy atom. The lowest BCUT2D eigenvalue weighted by Gasteiger charge is -2.10. The quantitative estimate of drug-likeness (QED) is 0.643. The van der Waals surface area contributed by atoms with Crippen LogP contribution >= 0.6 is 0 Å². The summed E-state index contributed by atoms with van der Waals surface area (Å²) in [5, 5.41) is 27.1. The molecule has 0 unspecified atom stereocenters. The van der Waals surface area contributed by atoms with Gasteiger partial charge in [0.2, 0.25) is 0 Å². The maximum atomic E-state index is 11.1. The Morgan fingerprint density at radius 2 is 2.24 bits per heavy atom. The third-order valence-corrected chi connectivity index (χ3v) is 3.07.